The molecule has 0 radical (unpaired) electrons. The van der Waals surface area contributed by atoms with Gasteiger partial charge in [0.15, 0.2) is 0 Å². The molecule has 0 heterocycles. The smallest absolute Gasteiger partial charge is 0.119 e. The fraction of sp³-hybridized carbons (Fsp3) is 0.600. The molecule has 90 valence electrons. The summed E-state index contributed by atoms with van der Waals surface area (Å²) >= 11 is 3.55. The van der Waals surface area contributed by atoms with Crippen molar-refractivity contribution in [2.75, 3.05) is 0 Å². The monoisotopic (exact) mass is 292 g/mol. The van der Waals surface area contributed by atoms with Gasteiger partial charge in [0.2, 0.25) is 0 Å². The summed E-state index contributed by atoms with van der Waals surface area (Å²) in [6.45, 7) is 0. The Bertz CT molecular complexity index is 462. The molecular formula is C15H17BrO. The molecule has 2 heteroatoms. The number of hydrogen-bond donors (Lipinski definition) is 1. The molecule has 0 spiro atoms. The van der Waals surface area contributed by atoms with Crippen LogP contribution in [0.3, 0.4) is 0 Å². The van der Waals surface area contributed by atoms with Gasteiger partial charge in [0.05, 0.1) is 0 Å². The lowest BCUT2D eigenvalue weighted by Crippen LogP contribution is -2.31. The van der Waals surface area contributed by atoms with Gasteiger partial charge in [0, 0.05) is 10.0 Å². The normalized spacial score (nSPS) is 42.3. The van der Waals surface area contributed by atoms with Gasteiger partial charge < -0.3 is 5.11 Å². The summed E-state index contributed by atoms with van der Waals surface area (Å²) in [5.41, 5.74) is 1.52. The molecule has 0 aromatic heterocycles. The molecule has 1 aromatic rings. The van der Waals surface area contributed by atoms with Crippen LogP contribution in [-0.4, -0.2) is 5.11 Å². The summed E-state index contributed by atoms with van der Waals surface area (Å²) in [4.78, 5) is 0. The van der Waals surface area contributed by atoms with Crippen LogP contribution in [0.1, 0.15) is 37.7 Å². The molecule has 4 bridgehead atoms. The van der Waals surface area contributed by atoms with Gasteiger partial charge in [-0.3, -0.25) is 0 Å². The van der Waals surface area contributed by atoms with E-state index in [-0.39, 0.29) is 0 Å². The van der Waals surface area contributed by atoms with E-state index in [2.05, 4.69) is 22.0 Å². The average molecular weight is 293 g/mol. The number of benzene rings is 1. The largest absolute Gasteiger partial charge is 0.508 e. The fourth-order valence-corrected chi connectivity index (χ4v) is 5.43. The van der Waals surface area contributed by atoms with Crippen LogP contribution in [0, 0.1) is 17.8 Å². The van der Waals surface area contributed by atoms with Gasteiger partial charge in [-0.2, -0.15) is 0 Å². The molecule has 5 rings (SSSR count). The third-order valence-electron chi connectivity index (χ3n) is 5.45. The zero-order chi connectivity index (χ0) is 11.6. The maximum Gasteiger partial charge on any atom is 0.119 e. The van der Waals surface area contributed by atoms with Gasteiger partial charge in [-0.15, -0.1) is 0 Å². The number of phenols is 1. The van der Waals surface area contributed by atoms with E-state index in [0.29, 0.717) is 11.2 Å². The number of hydrogen-bond acceptors (Lipinski definition) is 1. The molecule has 1 N–H and O–H groups in total. The maximum atomic E-state index is 10.2. The van der Waals surface area contributed by atoms with E-state index in [9.17, 15) is 5.11 Å². The van der Waals surface area contributed by atoms with Crippen molar-refractivity contribution < 1.29 is 5.11 Å². The molecule has 1 nitrogen and oxygen atoms in total. The van der Waals surface area contributed by atoms with Crippen LogP contribution in [-0.2, 0) is 5.41 Å². The summed E-state index contributed by atoms with van der Waals surface area (Å²) in [6, 6.07) is 5.94. The zero-order valence-corrected chi connectivity index (χ0v) is 11.4. The quantitative estimate of drug-likeness (QED) is 0.821. The topological polar surface area (TPSA) is 20.2 Å². The molecule has 0 unspecified atom stereocenters. The molecular weight excluding hydrogens is 276 g/mol. The summed E-state index contributed by atoms with van der Waals surface area (Å²) in [6.07, 6.45) is 6.86. The molecule has 4 aliphatic rings. The lowest BCUT2D eigenvalue weighted by Gasteiger charge is -2.39. The van der Waals surface area contributed by atoms with Crippen LogP contribution >= 0.6 is 15.9 Å². The van der Waals surface area contributed by atoms with Gasteiger partial charge in [0.1, 0.15) is 5.75 Å². The van der Waals surface area contributed by atoms with Crippen molar-refractivity contribution in [2.45, 2.75) is 37.5 Å². The van der Waals surface area contributed by atoms with Crippen LogP contribution < -0.4 is 0 Å². The maximum absolute atomic E-state index is 10.2. The van der Waals surface area contributed by atoms with Gasteiger partial charge in [-0.25, -0.2) is 0 Å². The molecule has 0 amide bonds. The van der Waals surface area contributed by atoms with Crippen molar-refractivity contribution in [3.63, 3.8) is 0 Å². The number of phenolic OH excluding ortho intramolecular Hbond substituents is 1. The first-order valence-corrected chi connectivity index (χ1v) is 7.45. The third-order valence-corrected chi connectivity index (χ3v) is 5.95. The first-order valence-electron chi connectivity index (χ1n) is 6.65. The van der Waals surface area contributed by atoms with Crippen LogP contribution in [0.5, 0.6) is 5.75 Å². The van der Waals surface area contributed by atoms with Gasteiger partial charge in [-0.1, -0.05) is 15.9 Å². The molecule has 0 aliphatic heterocycles. The second kappa shape index (κ2) is 3.28. The standard InChI is InChI=1S/C15H17BrO/c16-12-1-2-14(17)13(5-12)15-6-9-3-10(7-15)11(4-9)8-15/h1-2,5,9-11,17H,3-4,6-8H2/t9?,10-,11-,15?/m0/s1. The zero-order valence-electron chi connectivity index (χ0n) is 9.82. The molecule has 4 saturated carbocycles. The number of halogens is 1. The Morgan fingerprint density at radius 2 is 1.82 bits per heavy atom. The van der Waals surface area contributed by atoms with E-state index in [1.165, 1.54) is 37.7 Å². The third kappa shape index (κ3) is 1.36. The van der Waals surface area contributed by atoms with E-state index in [4.69, 9.17) is 0 Å². The van der Waals surface area contributed by atoms with Crippen LogP contribution in [0.4, 0.5) is 0 Å². The van der Waals surface area contributed by atoms with Gasteiger partial charge in [0.25, 0.3) is 0 Å². The molecule has 4 aliphatic carbocycles. The Balaban J connectivity index is 1.82. The minimum Gasteiger partial charge on any atom is -0.508 e. The van der Waals surface area contributed by atoms with Crippen molar-refractivity contribution in [3.8, 4) is 5.75 Å². The minimum absolute atomic E-state index is 0.310. The average Bonchev–Trinajstić information content (AvgIpc) is 2.70. The minimum atomic E-state index is 0.310. The first-order chi connectivity index (χ1) is 8.16. The SMILES string of the molecule is Oc1ccc(Br)cc1C12CC3C[C@@H](C1)[C@@H](C3)C2. The summed E-state index contributed by atoms with van der Waals surface area (Å²) in [5, 5.41) is 10.2. The number of aromatic hydroxyl groups is 1. The van der Waals surface area contributed by atoms with E-state index in [1.54, 1.807) is 0 Å². The molecule has 2 atom stereocenters. The Labute approximate surface area is 110 Å². The Hall–Kier alpha value is -0.500. The van der Waals surface area contributed by atoms with Crippen molar-refractivity contribution >= 4 is 15.9 Å². The highest BCUT2D eigenvalue weighted by atomic mass is 79.9. The highest BCUT2D eigenvalue weighted by Gasteiger charge is 2.56. The summed E-state index contributed by atoms with van der Waals surface area (Å²) in [5.74, 6) is 3.35. The van der Waals surface area contributed by atoms with Crippen LogP contribution in [0.15, 0.2) is 22.7 Å². The lowest BCUT2D eigenvalue weighted by molar-refractivity contribution is 0.224. The predicted octanol–water partition coefficient (Wildman–Crippen LogP) is 4.23. The van der Waals surface area contributed by atoms with Crippen molar-refractivity contribution in [1.29, 1.82) is 0 Å². The van der Waals surface area contributed by atoms with E-state index < -0.39 is 0 Å². The van der Waals surface area contributed by atoms with E-state index in [1.807, 2.05) is 12.1 Å². The summed E-state index contributed by atoms with van der Waals surface area (Å²) < 4.78 is 1.10. The van der Waals surface area contributed by atoms with Crippen LogP contribution in [0.25, 0.3) is 0 Å². The predicted molar refractivity (Wildman–Crippen MR) is 71.0 cm³/mol. The van der Waals surface area contributed by atoms with E-state index >= 15 is 0 Å². The molecule has 0 saturated heterocycles. The second-order valence-electron chi connectivity index (χ2n) is 6.41. The Morgan fingerprint density at radius 3 is 2.47 bits per heavy atom. The molecule has 17 heavy (non-hydrogen) atoms. The van der Waals surface area contributed by atoms with Crippen molar-refractivity contribution in [2.24, 2.45) is 17.8 Å². The summed E-state index contributed by atoms with van der Waals surface area (Å²) in [7, 11) is 0. The highest BCUT2D eigenvalue weighted by molar-refractivity contribution is 9.10. The lowest BCUT2D eigenvalue weighted by atomic mass is 9.65. The number of rotatable bonds is 1. The molecule has 1 aromatic carbocycles. The van der Waals surface area contributed by atoms with E-state index in [0.717, 1.165) is 22.2 Å². The Kier molecular flexibility index (Phi) is 2.01. The van der Waals surface area contributed by atoms with Crippen molar-refractivity contribution in [1.82, 2.24) is 0 Å². The highest BCUT2D eigenvalue weighted by Crippen LogP contribution is 2.65. The van der Waals surface area contributed by atoms with Crippen LogP contribution in [0.2, 0.25) is 0 Å². The second-order valence-corrected chi connectivity index (χ2v) is 7.33. The Morgan fingerprint density at radius 1 is 1.12 bits per heavy atom. The molecule has 4 fully saturated rings. The first kappa shape index (κ1) is 10.4. The fourth-order valence-electron chi connectivity index (χ4n) is 5.07. The van der Waals surface area contributed by atoms with Crippen molar-refractivity contribution in [3.05, 3.63) is 28.2 Å². The van der Waals surface area contributed by atoms with Gasteiger partial charge in [-0.05, 0) is 73.5 Å². The van der Waals surface area contributed by atoms with Gasteiger partial charge >= 0.3 is 0 Å².